The van der Waals surface area contributed by atoms with Gasteiger partial charge in [0.05, 0.1) is 6.61 Å². The summed E-state index contributed by atoms with van der Waals surface area (Å²) in [5, 5.41) is 0. The SMILES string of the molecule is CC1CN(Cc2ccc(OCC3CC3)cc2)CCC1N. The van der Waals surface area contributed by atoms with Crippen LogP contribution in [0, 0.1) is 11.8 Å². The minimum absolute atomic E-state index is 0.379. The van der Waals surface area contributed by atoms with Gasteiger partial charge < -0.3 is 10.5 Å². The zero-order valence-electron chi connectivity index (χ0n) is 12.4. The fourth-order valence-electron chi connectivity index (χ4n) is 2.84. The maximum Gasteiger partial charge on any atom is 0.119 e. The molecule has 2 N–H and O–H groups in total. The molecule has 3 heteroatoms. The second kappa shape index (κ2) is 6.15. The van der Waals surface area contributed by atoms with Gasteiger partial charge in [0.25, 0.3) is 0 Å². The van der Waals surface area contributed by atoms with Crippen LogP contribution in [0.15, 0.2) is 24.3 Å². The summed E-state index contributed by atoms with van der Waals surface area (Å²) in [5.74, 6) is 2.42. The van der Waals surface area contributed by atoms with Gasteiger partial charge in [0.1, 0.15) is 5.75 Å². The van der Waals surface area contributed by atoms with Crippen molar-refractivity contribution in [2.45, 2.75) is 38.8 Å². The van der Waals surface area contributed by atoms with Gasteiger partial charge in [0, 0.05) is 19.1 Å². The first-order chi connectivity index (χ1) is 9.70. The summed E-state index contributed by atoms with van der Waals surface area (Å²) in [5.41, 5.74) is 7.44. The Morgan fingerprint density at radius 3 is 2.60 bits per heavy atom. The van der Waals surface area contributed by atoms with E-state index < -0.39 is 0 Å². The van der Waals surface area contributed by atoms with Crippen molar-refractivity contribution in [1.82, 2.24) is 4.90 Å². The van der Waals surface area contributed by atoms with Gasteiger partial charge in [-0.3, -0.25) is 4.90 Å². The molecule has 0 radical (unpaired) electrons. The van der Waals surface area contributed by atoms with Gasteiger partial charge in [-0.1, -0.05) is 19.1 Å². The second-order valence-corrected chi connectivity index (χ2v) is 6.56. The van der Waals surface area contributed by atoms with Crippen LogP contribution in [0.1, 0.15) is 31.7 Å². The Balaban J connectivity index is 1.49. The molecule has 0 amide bonds. The molecule has 2 atom stereocenters. The standard InChI is InChI=1S/C17H26N2O/c1-13-10-19(9-8-17(13)18)11-14-4-6-16(7-5-14)20-12-15-2-3-15/h4-7,13,15,17H,2-3,8-12,18H2,1H3. The number of rotatable bonds is 5. The number of nitrogens with zero attached hydrogens (tertiary/aromatic N) is 1. The Morgan fingerprint density at radius 1 is 1.20 bits per heavy atom. The molecule has 2 aliphatic rings. The fourth-order valence-corrected chi connectivity index (χ4v) is 2.84. The minimum atomic E-state index is 0.379. The van der Waals surface area contributed by atoms with Crippen LogP contribution in [0.2, 0.25) is 0 Å². The van der Waals surface area contributed by atoms with Gasteiger partial charge in [-0.15, -0.1) is 0 Å². The molecular weight excluding hydrogens is 248 g/mol. The van der Waals surface area contributed by atoms with E-state index in [0.29, 0.717) is 12.0 Å². The van der Waals surface area contributed by atoms with E-state index in [2.05, 4.69) is 36.1 Å². The average molecular weight is 274 g/mol. The monoisotopic (exact) mass is 274 g/mol. The lowest BCUT2D eigenvalue weighted by atomic mass is 9.94. The Labute approximate surface area is 122 Å². The van der Waals surface area contributed by atoms with Gasteiger partial charge in [0.2, 0.25) is 0 Å². The molecule has 1 saturated carbocycles. The predicted octanol–water partition coefficient (Wildman–Crippen LogP) is 2.64. The van der Waals surface area contributed by atoms with Gasteiger partial charge in [0.15, 0.2) is 0 Å². The summed E-state index contributed by atoms with van der Waals surface area (Å²) >= 11 is 0. The number of benzene rings is 1. The Hall–Kier alpha value is -1.06. The molecule has 2 unspecified atom stereocenters. The van der Waals surface area contributed by atoms with Crippen molar-refractivity contribution in [3.63, 3.8) is 0 Å². The molecule has 2 fully saturated rings. The minimum Gasteiger partial charge on any atom is -0.493 e. The number of hydrogen-bond acceptors (Lipinski definition) is 3. The maximum absolute atomic E-state index is 6.07. The summed E-state index contributed by atoms with van der Waals surface area (Å²) < 4.78 is 5.78. The molecule has 1 aliphatic carbocycles. The second-order valence-electron chi connectivity index (χ2n) is 6.56. The van der Waals surface area contributed by atoms with Crippen LogP contribution in [-0.4, -0.2) is 30.6 Å². The molecule has 1 saturated heterocycles. The summed E-state index contributed by atoms with van der Waals surface area (Å²) in [6, 6.07) is 8.99. The maximum atomic E-state index is 6.07. The Bertz CT molecular complexity index is 427. The number of ether oxygens (including phenoxy) is 1. The van der Waals surface area contributed by atoms with Crippen molar-refractivity contribution in [1.29, 1.82) is 0 Å². The molecule has 3 nitrogen and oxygen atoms in total. The van der Waals surface area contributed by atoms with Gasteiger partial charge >= 0.3 is 0 Å². The van der Waals surface area contributed by atoms with E-state index in [4.69, 9.17) is 10.5 Å². The van der Waals surface area contributed by atoms with Crippen LogP contribution < -0.4 is 10.5 Å². The van der Waals surface area contributed by atoms with E-state index >= 15 is 0 Å². The van der Waals surface area contributed by atoms with E-state index in [1.165, 1.54) is 18.4 Å². The van der Waals surface area contributed by atoms with Gasteiger partial charge in [-0.2, -0.15) is 0 Å². The molecule has 3 rings (SSSR count). The first kappa shape index (κ1) is 13.9. The third kappa shape index (κ3) is 3.74. The quantitative estimate of drug-likeness (QED) is 0.897. The molecule has 1 heterocycles. The first-order valence-corrected chi connectivity index (χ1v) is 7.90. The lowest BCUT2D eigenvalue weighted by Crippen LogP contribution is -2.45. The third-order valence-corrected chi connectivity index (χ3v) is 4.57. The fraction of sp³-hybridized carbons (Fsp3) is 0.647. The van der Waals surface area contributed by atoms with Crippen molar-refractivity contribution >= 4 is 0 Å². The topological polar surface area (TPSA) is 38.5 Å². The summed E-state index contributed by atoms with van der Waals surface area (Å²) in [6.07, 6.45) is 3.80. The zero-order valence-corrected chi connectivity index (χ0v) is 12.4. The van der Waals surface area contributed by atoms with Crippen LogP contribution >= 0.6 is 0 Å². The molecule has 1 aliphatic heterocycles. The van der Waals surface area contributed by atoms with Gasteiger partial charge in [-0.05, 0) is 55.3 Å². The summed E-state index contributed by atoms with van der Waals surface area (Å²) in [4.78, 5) is 2.51. The molecule has 110 valence electrons. The Kier molecular flexibility index (Phi) is 4.27. The van der Waals surface area contributed by atoms with Crippen LogP contribution in [0.5, 0.6) is 5.75 Å². The molecule has 1 aromatic carbocycles. The first-order valence-electron chi connectivity index (χ1n) is 7.90. The Morgan fingerprint density at radius 2 is 1.95 bits per heavy atom. The van der Waals surface area contributed by atoms with Crippen LogP contribution in [0.4, 0.5) is 0 Å². The summed E-state index contributed by atoms with van der Waals surface area (Å²) in [6.45, 7) is 6.40. The largest absolute Gasteiger partial charge is 0.493 e. The van der Waals surface area contributed by atoms with E-state index in [1.807, 2.05) is 0 Å². The molecule has 0 bridgehead atoms. The smallest absolute Gasteiger partial charge is 0.119 e. The normalized spacial score (nSPS) is 27.5. The van der Waals surface area contributed by atoms with Crippen molar-refractivity contribution in [3.05, 3.63) is 29.8 Å². The highest BCUT2D eigenvalue weighted by molar-refractivity contribution is 5.27. The summed E-state index contributed by atoms with van der Waals surface area (Å²) in [7, 11) is 0. The van der Waals surface area contributed by atoms with Crippen LogP contribution in [-0.2, 0) is 6.54 Å². The number of likely N-dealkylation sites (tertiary alicyclic amines) is 1. The van der Waals surface area contributed by atoms with E-state index in [0.717, 1.165) is 44.3 Å². The van der Waals surface area contributed by atoms with Crippen molar-refractivity contribution < 1.29 is 4.74 Å². The van der Waals surface area contributed by atoms with Crippen molar-refractivity contribution in [2.24, 2.45) is 17.6 Å². The van der Waals surface area contributed by atoms with Gasteiger partial charge in [-0.25, -0.2) is 0 Å². The molecule has 20 heavy (non-hydrogen) atoms. The number of piperidine rings is 1. The lowest BCUT2D eigenvalue weighted by molar-refractivity contribution is 0.158. The van der Waals surface area contributed by atoms with E-state index in [9.17, 15) is 0 Å². The molecule has 0 aromatic heterocycles. The highest BCUT2D eigenvalue weighted by Gasteiger charge is 2.23. The third-order valence-electron chi connectivity index (χ3n) is 4.57. The average Bonchev–Trinajstić information content (AvgIpc) is 3.26. The van der Waals surface area contributed by atoms with Crippen molar-refractivity contribution in [2.75, 3.05) is 19.7 Å². The molecular formula is C17H26N2O. The predicted molar refractivity (Wildman–Crippen MR) is 81.7 cm³/mol. The lowest BCUT2D eigenvalue weighted by Gasteiger charge is -2.35. The molecule has 0 spiro atoms. The number of nitrogens with two attached hydrogens (primary N) is 1. The van der Waals surface area contributed by atoms with Crippen molar-refractivity contribution in [3.8, 4) is 5.75 Å². The number of hydrogen-bond donors (Lipinski definition) is 1. The zero-order chi connectivity index (χ0) is 13.9. The van der Waals surface area contributed by atoms with E-state index in [1.54, 1.807) is 0 Å². The van der Waals surface area contributed by atoms with E-state index in [-0.39, 0.29) is 0 Å². The van der Waals surface area contributed by atoms with Crippen LogP contribution in [0.3, 0.4) is 0 Å². The highest BCUT2D eigenvalue weighted by Crippen LogP contribution is 2.29. The highest BCUT2D eigenvalue weighted by atomic mass is 16.5. The molecule has 1 aromatic rings. The van der Waals surface area contributed by atoms with Crippen LogP contribution in [0.25, 0.3) is 0 Å².